The minimum Gasteiger partial charge on any atom is -0.384 e. The van der Waals surface area contributed by atoms with Crippen LogP contribution in [0.2, 0.25) is 0 Å². The lowest BCUT2D eigenvalue weighted by Gasteiger charge is -2.04. The van der Waals surface area contributed by atoms with Crippen LogP contribution >= 0.6 is 0 Å². The van der Waals surface area contributed by atoms with E-state index in [1.165, 1.54) is 35.1 Å². The SMILES string of the molecule is Nc1ccnn1-c1ccc(S(=O)(=O)O)cc1. The van der Waals surface area contributed by atoms with Crippen LogP contribution in [-0.2, 0) is 10.1 Å². The molecule has 2 aromatic rings. The van der Waals surface area contributed by atoms with Crippen molar-refractivity contribution in [3.05, 3.63) is 36.5 Å². The minimum absolute atomic E-state index is 0.165. The van der Waals surface area contributed by atoms with Crippen molar-refractivity contribution in [3.8, 4) is 5.69 Å². The Bertz CT molecular complexity index is 601. The molecular formula is C9H9N3O3S. The molecule has 0 aliphatic carbocycles. The van der Waals surface area contributed by atoms with Crippen molar-refractivity contribution in [2.75, 3.05) is 5.73 Å². The van der Waals surface area contributed by atoms with Gasteiger partial charge in [-0.2, -0.15) is 13.5 Å². The maximum absolute atomic E-state index is 10.8. The van der Waals surface area contributed by atoms with Gasteiger partial charge in [0.25, 0.3) is 10.1 Å². The Morgan fingerprint density at radius 2 is 1.81 bits per heavy atom. The average Bonchev–Trinajstić information content (AvgIpc) is 2.63. The number of nitrogens with two attached hydrogens (primary N) is 1. The molecule has 1 heterocycles. The summed E-state index contributed by atoms with van der Waals surface area (Å²) in [4.78, 5) is -0.165. The van der Waals surface area contributed by atoms with Gasteiger partial charge in [-0.1, -0.05) is 0 Å². The van der Waals surface area contributed by atoms with Gasteiger partial charge in [0.1, 0.15) is 5.82 Å². The quantitative estimate of drug-likeness (QED) is 0.752. The second kappa shape index (κ2) is 3.62. The number of nitrogens with zero attached hydrogens (tertiary/aromatic N) is 2. The zero-order valence-corrected chi connectivity index (χ0v) is 8.92. The largest absolute Gasteiger partial charge is 0.384 e. The first-order valence-electron chi connectivity index (χ1n) is 4.36. The van der Waals surface area contributed by atoms with Gasteiger partial charge < -0.3 is 5.73 Å². The molecule has 0 atom stereocenters. The summed E-state index contributed by atoms with van der Waals surface area (Å²) in [6, 6.07) is 7.20. The van der Waals surface area contributed by atoms with Gasteiger partial charge in [0.15, 0.2) is 0 Å². The first-order valence-corrected chi connectivity index (χ1v) is 5.80. The molecule has 16 heavy (non-hydrogen) atoms. The van der Waals surface area contributed by atoms with Crippen molar-refractivity contribution in [1.82, 2.24) is 9.78 Å². The predicted molar refractivity (Wildman–Crippen MR) is 57.8 cm³/mol. The molecule has 84 valence electrons. The number of benzene rings is 1. The van der Waals surface area contributed by atoms with E-state index < -0.39 is 10.1 Å². The van der Waals surface area contributed by atoms with E-state index in [1.54, 1.807) is 6.07 Å². The minimum atomic E-state index is -4.16. The van der Waals surface area contributed by atoms with Crippen LogP contribution in [0.25, 0.3) is 5.69 Å². The molecule has 0 bridgehead atoms. The van der Waals surface area contributed by atoms with Gasteiger partial charge in [-0.15, -0.1) is 0 Å². The van der Waals surface area contributed by atoms with Crippen molar-refractivity contribution in [2.45, 2.75) is 4.90 Å². The number of hydrogen-bond donors (Lipinski definition) is 2. The lowest BCUT2D eigenvalue weighted by Crippen LogP contribution is -2.02. The zero-order valence-electron chi connectivity index (χ0n) is 8.11. The van der Waals surface area contributed by atoms with Crippen LogP contribution in [0.5, 0.6) is 0 Å². The smallest absolute Gasteiger partial charge is 0.294 e. The van der Waals surface area contributed by atoms with Crippen molar-refractivity contribution in [1.29, 1.82) is 0 Å². The van der Waals surface area contributed by atoms with Crippen molar-refractivity contribution < 1.29 is 13.0 Å². The number of anilines is 1. The van der Waals surface area contributed by atoms with Crippen molar-refractivity contribution in [3.63, 3.8) is 0 Å². The molecule has 0 radical (unpaired) electrons. The summed E-state index contributed by atoms with van der Waals surface area (Å²) in [5, 5.41) is 3.96. The van der Waals surface area contributed by atoms with Gasteiger partial charge in [-0.05, 0) is 24.3 Å². The van der Waals surface area contributed by atoms with E-state index in [1.807, 2.05) is 0 Å². The van der Waals surface area contributed by atoms with Crippen LogP contribution in [0.4, 0.5) is 5.82 Å². The molecule has 0 aliphatic rings. The molecule has 0 aliphatic heterocycles. The fourth-order valence-corrected chi connectivity index (χ4v) is 1.77. The summed E-state index contributed by atoms with van der Waals surface area (Å²) in [5.74, 6) is 0.444. The second-order valence-electron chi connectivity index (χ2n) is 3.14. The Morgan fingerprint density at radius 1 is 1.19 bits per heavy atom. The van der Waals surface area contributed by atoms with Crippen LogP contribution in [-0.4, -0.2) is 22.8 Å². The summed E-state index contributed by atoms with van der Waals surface area (Å²) in [6.45, 7) is 0. The lowest BCUT2D eigenvalue weighted by atomic mass is 10.3. The zero-order chi connectivity index (χ0) is 11.8. The fourth-order valence-electron chi connectivity index (χ4n) is 1.29. The van der Waals surface area contributed by atoms with Crippen molar-refractivity contribution >= 4 is 15.9 Å². The Hall–Kier alpha value is -1.86. The Balaban J connectivity index is 2.45. The van der Waals surface area contributed by atoms with Crippen LogP contribution in [0.15, 0.2) is 41.4 Å². The normalized spacial score (nSPS) is 11.6. The van der Waals surface area contributed by atoms with Gasteiger partial charge >= 0.3 is 0 Å². The maximum atomic E-state index is 10.8. The van der Waals surface area contributed by atoms with Crippen LogP contribution < -0.4 is 5.73 Å². The van der Waals surface area contributed by atoms with E-state index in [-0.39, 0.29) is 4.90 Å². The molecule has 0 spiro atoms. The van der Waals surface area contributed by atoms with E-state index >= 15 is 0 Å². The van der Waals surface area contributed by atoms with Crippen molar-refractivity contribution in [2.24, 2.45) is 0 Å². The Morgan fingerprint density at radius 3 is 2.25 bits per heavy atom. The molecule has 3 N–H and O–H groups in total. The number of hydrogen-bond acceptors (Lipinski definition) is 4. The first-order chi connectivity index (χ1) is 7.48. The lowest BCUT2D eigenvalue weighted by molar-refractivity contribution is 0.483. The van der Waals surface area contributed by atoms with Gasteiger partial charge in [0.2, 0.25) is 0 Å². The van der Waals surface area contributed by atoms with Crippen LogP contribution in [0.1, 0.15) is 0 Å². The van der Waals surface area contributed by atoms with E-state index in [4.69, 9.17) is 10.3 Å². The standard InChI is InChI=1S/C9H9N3O3S/c10-9-5-6-11-12(9)7-1-3-8(4-2-7)16(13,14)15/h1-6H,10H2,(H,13,14,15). The summed E-state index contributed by atoms with van der Waals surface area (Å²) >= 11 is 0. The average molecular weight is 239 g/mol. The summed E-state index contributed by atoms with van der Waals surface area (Å²) < 4.78 is 31.9. The monoisotopic (exact) mass is 239 g/mol. The summed E-state index contributed by atoms with van der Waals surface area (Å²) in [7, 11) is -4.16. The van der Waals surface area contributed by atoms with Gasteiger partial charge in [0, 0.05) is 6.07 Å². The molecule has 0 saturated heterocycles. The number of nitrogen functional groups attached to an aromatic ring is 1. The van der Waals surface area contributed by atoms with E-state index in [9.17, 15) is 8.42 Å². The highest BCUT2D eigenvalue weighted by Gasteiger charge is 2.09. The molecule has 0 fully saturated rings. The highest BCUT2D eigenvalue weighted by Crippen LogP contribution is 2.15. The molecule has 6 nitrogen and oxygen atoms in total. The van der Waals surface area contributed by atoms with E-state index in [0.717, 1.165) is 0 Å². The van der Waals surface area contributed by atoms with Crippen LogP contribution in [0, 0.1) is 0 Å². The highest BCUT2D eigenvalue weighted by atomic mass is 32.2. The third-order valence-electron chi connectivity index (χ3n) is 2.05. The molecule has 0 amide bonds. The van der Waals surface area contributed by atoms with Gasteiger partial charge in [0.05, 0.1) is 16.8 Å². The fraction of sp³-hybridized carbons (Fsp3) is 0. The molecular weight excluding hydrogens is 230 g/mol. The Kier molecular flexibility index (Phi) is 2.41. The van der Waals surface area contributed by atoms with E-state index in [0.29, 0.717) is 11.5 Å². The van der Waals surface area contributed by atoms with Gasteiger partial charge in [-0.3, -0.25) is 4.55 Å². The summed E-state index contributed by atoms with van der Waals surface area (Å²) in [6.07, 6.45) is 1.53. The first kappa shape index (κ1) is 10.7. The predicted octanol–water partition coefficient (Wildman–Crippen LogP) is 0.701. The third-order valence-corrected chi connectivity index (χ3v) is 2.92. The maximum Gasteiger partial charge on any atom is 0.294 e. The summed E-state index contributed by atoms with van der Waals surface area (Å²) in [5.41, 5.74) is 6.25. The topological polar surface area (TPSA) is 98.2 Å². The molecule has 1 aromatic heterocycles. The van der Waals surface area contributed by atoms with E-state index in [2.05, 4.69) is 5.10 Å². The molecule has 2 rings (SSSR count). The number of rotatable bonds is 2. The molecule has 7 heteroatoms. The van der Waals surface area contributed by atoms with Crippen LogP contribution in [0.3, 0.4) is 0 Å². The Labute approximate surface area is 92.1 Å². The second-order valence-corrected chi connectivity index (χ2v) is 4.56. The molecule has 0 unspecified atom stereocenters. The highest BCUT2D eigenvalue weighted by molar-refractivity contribution is 7.85. The molecule has 0 saturated carbocycles. The molecule has 1 aromatic carbocycles. The number of aromatic nitrogens is 2. The van der Waals surface area contributed by atoms with Gasteiger partial charge in [-0.25, -0.2) is 4.68 Å². The third kappa shape index (κ3) is 1.90.